The van der Waals surface area contributed by atoms with E-state index in [1.54, 1.807) is 24.2 Å². The summed E-state index contributed by atoms with van der Waals surface area (Å²) >= 11 is 0. The molecule has 1 aromatic heterocycles. The molecule has 28 heavy (non-hydrogen) atoms. The number of carboxylic acid groups (broad SMARTS) is 1. The summed E-state index contributed by atoms with van der Waals surface area (Å²) in [5, 5.41) is 10.9. The summed E-state index contributed by atoms with van der Waals surface area (Å²) < 4.78 is 0. The van der Waals surface area contributed by atoms with Gasteiger partial charge in [0.15, 0.2) is 0 Å². The fraction of sp³-hybridized carbons (Fsp3) is 0.650. The average molecular weight is 390 g/mol. The first-order chi connectivity index (χ1) is 13.1. The van der Waals surface area contributed by atoms with Gasteiger partial charge in [0.05, 0.1) is 12.7 Å². The van der Waals surface area contributed by atoms with E-state index in [4.69, 9.17) is 4.84 Å². The van der Waals surface area contributed by atoms with Crippen LogP contribution in [0.2, 0.25) is 0 Å². The van der Waals surface area contributed by atoms with E-state index >= 15 is 0 Å². The number of aromatic nitrogens is 1. The largest absolute Gasteiger partial charge is 0.465 e. The van der Waals surface area contributed by atoms with Gasteiger partial charge in [0, 0.05) is 36.9 Å². The smallest absolute Gasteiger partial charge is 0.407 e. The molecule has 2 fully saturated rings. The van der Waals surface area contributed by atoms with E-state index in [1.807, 2.05) is 26.8 Å². The van der Waals surface area contributed by atoms with E-state index < -0.39 is 11.6 Å². The number of carbonyl (C=O) groups is 2. The van der Waals surface area contributed by atoms with Gasteiger partial charge in [0.2, 0.25) is 0 Å². The highest BCUT2D eigenvalue weighted by Gasteiger charge is 2.46. The summed E-state index contributed by atoms with van der Waals surface area (Å²) in [6.45, 7) is 5.84. The zero-order valence-electron chi connectivity index (χ0n) is 17.3. The third-order valence-corrected chi connectivity index (χ3v) is 5.82. The number of carbonyl (C=O) groups excluding carboxylic acids is 1. The maximum Gasteiger partial charge on any atom is 0.407 e. The van der Waals surface area contributed by atoms with Crippen LogP contribution in [0.15, 0.2) is 18.3 Å². The summed E-state index contributed by atoms with van der Waals surface area (Å²) in [6, 6.07) is 4.20. The normalized spacial score (nSPS) is 24.2. The predicted molar refractivity (Wildman–Crippen MR) is 105 cm³/mol. The molecule has 0 aromatic carbocycles. The fourth-order valence-corrected chi connectivity index (χ4v) is 4.65. The summed E-state index contributed by atoms with van der Waals surface area (Å²) in [7, 11) is 3.00. The zero-order chi connectivity index (χ0) is 20.6. The average Bonchev–Trinajstić information content (AvgIpc) is 2.89. The zero-order valence-corrected chi connectivity index (χ0v) is 17.3. The third kappa shape index (κ3) is 3.78. The first-order valence-electron chi connectivity index (χ1n) is 9.72. The molecule has 0 aliphatic carbocycles. The minimum atomic E-state index is -0.853. The Hall–Kier alpha value is -2.35. The molecule has 3 heterocycles. The van der Waals surface area contributed by atoms with Crippen molar-refractivity contribution in [1.82, 2.24) is 14.9 Å². The lowest BCUT2D eigenvalue weighted by Crippen LogP contribution is -2.57. The number of hydrogen-bond donors (Lipinski definition) is 1. The number of amides is 2. The van der Waals surface area contributed by atoms with Crippen LogP contribution >= 0.6 is 0 Å². The molecule has 2 saturated heterocycles. The van der Waals surface area contributed by atoms with Crippen molar-refractivity contribution < 1.29 is 19.5 Å². The Morgan fingerprint density at radius 1 is 1.21 bits per heavy atom. The SMILES string of the molecule is CON(C)C(=O)c1ccc(N2C3CCC2CC(N(C(=O)O)C(C)(C)C)C3)nc1. The van der Waals surface area contributed by atoms with Crippen molar-refractivity contribution in [1.29, 1.82) is 0 Å². The second-order valence-corrected chi connectivity index (χ2v) is 8.63. The molecular weight excluding hydrogens is 360 g/mol. The summed E-state index contributed by atoms with van der Waals surface area (Å²) in [6.07, 6.45) is 4.40. The minimum Gasteiger partial charge on any atom is -0.465 e. The van der Waals surface area contributed by atoms with Crippen LogP contribution in [0.1, 0.15) is 56.8 Å². The van der Waals surface area contributed by atoms with Crippen molar-refractivity contribution in [2.24, 2.45) is 0 Å². The van der Waals surface area contributed by atoms with Crippen LogP contribution in [0.5, 0.6) is 0 Å². The van der Waals surface area contributed by atoms with Gasteiger partial charge in [0.1, 0.15) is 5.82 Å². The third-order valence-electron chi connectivity index (χ3n) is 5.82. The van der Waals surface area contributed by atoms with Crippen LogP contribution < -0.4 is 4.90 Å². The summed E-state index contributed by atoms with van der Waals surface area (Å²) in [4.78, 5) is 37.4. The second-order valence-electron chi connectivity index (χ2n) is 8.63. The number of hydrogen-bond acceptors (Lipinski definition) is 5. The standard InChI is InChI=1S/C20H30N4O4/c1-20(2,3)24(19(26)27)16-10-14-7-8-15(11-16)23(14)17-9-6-13(12-21-17)18(25)22(4)28-5/h6,9,12,14-16H,7-8,10-11H2,1-5H3,(H,26,27). The minimum absolute atomic E-state index is 0.0162. The lowest BCUT2D eigenvalue weighted by atomic mass is 9.92. The van der Waals surface area contributed by atoms with Gasteiger partial charge in [-0.05, 0) is 58.6 Å². The molecular formula is C20H30N4O4. The van der Waals surface area contributed by atoms with E-state index in [0.717, 1.165) is 31.5 Å². The van der Waals surface area contributed by atoms with E-state index in [9.17, 15) is 14.7 Å². The molecule has 2 aliphatic rings. The molecule has 8 nitrogen and oxygen atoms in total. The molecule has 2 amide bonds. The van der Waals surface area contributed by atoms with E-state index in [0.29, 0.717) is 5.56 Å². The van der Waals surface area contributed by atoms with Gasteiger partial charge < -0.3 is 14.9 Å². The Labute approximate surface area is 166 Å². The van der Waals surface area contributed by atoms with Gasteiger partial charge in [-0.2, -0.15) is 0 Å². The van der Waals surface area contributed by atoms with Gasteiger partial charge >= 0.3 is 6.09 Å². The highest BCUT2D eigenvalue weighted by Crippen LogP contribution is 2.41. The Morgan fingerprint density at radius 3 is 2.25 bits per heavy atom. The lowest BCUT2D eigenvalue weighted by molar-refractivity contribution is -0.0757. The number of piperidine rings is 1. The van der Waals surface area contributed by atoms with Crippen LogP contribution in [0, 0.1) is 0 Å². The van der Waals surface area contributed by atoms with Crippen molar-refractivity contribution in [3.8, 4) is 0 Å². The van der Waals surface area contributed by atoms with Crippen molar-refractivity contribution in [3.63, 3.8) is 0 Å². The molecule has 3 rings (SSSR count). The highest BCUT2D eigenvalue weighted by atomic mass is 16.7. The van der Waals surface area contributed by atoms with Crippen molar-refractivity contribution in [3.05, 3.63) is 23.9 Å². The quantitative estimate of drug-likeness (QED) is 0.796. The van der Waals surface area contributed by atoms with Gasteiger partial charge in [-0.3, -0.25) is 9.63 Å². The van der Waals surface area contributed by atoms with Crippen LogP contribution in [0.3, 0.4) is 0 Å². The summed E-state index contributed by atoms with van der Waals surface area (Å²) in [5.41, 5.74) is 0.0475. The Balaban J connectivity index is 1.76. The van der Waals surface area contributed by atoms with E-state index in [1.165, 1.54) is 12.2 Å². The number of fused-ring (bicyclic) bond motifs is 2. The van der Waals surface area contributed by atoms with Gasteiger partial charge in [0.25, 0.3) is 5.91 Å². The number of nitrogens with zero attached hydrogens (tertiary/aromatic N) is 4. The van der Waals surface area contributed by atoms with Gasteiger partial charge in [-0.25, -0.2) is 14.8 Å². The van der Waals surface area contributed by atoms with Crippen LogP contribution in [0.4, 0.5) is 10.6 Å². The number of pyridine rings is 1. The molecule has 1 aromatic rings. The number of hydroxylamine groups is 2. The maximum atomic E-state index is 12.2. The first-order valence-corrected chi connectivity index (χ1v) is 9.72. The Kier molecular flexibility index (Phi) is 5.52. The highest BCUT2D eigenvalue weighted by molar-refractivity contribution is 5.93. The maximum absolute atomic E-state index is 12.2. The molecule has 2 aliphatic heterocycles. The molecule has 0 radical (unpaired) electrons. The van der Waals surface area contributed by atoms with Crippen molar-refractivity contribution in [2.45, 2.75) is 70.1 Å². The van der Waals surface area contributed by atoms with Crippen molar-refractivity contribution in [2.75, 3.05) is 19.1 Å². The molecule has 0 spiro atoms. The van der Waals surface area contributed by atoms with E-state index in [-0.39, 0.29) is 24.0 Å². The van der Waals surface area contributed by atoms with Gasteiger partial charge in [-0.15, -0.1) is 0 Å². The monoisotopic (exact) mass is 390 g/mol. The number of anilines is 1. The van der Waals surface area contributed by atoms with Gasteiger partial charge in [-0.1, -0.05) is 0 Å². The second kappa shape index (κ2) is 7.58. The molecule has 8 heteroatoms. The molecule has 154 valence electrons. The topological polar surface area (TPSA) is 86.2 Å². The van der Waals surface area contributed by atoms with Crippen LogP contribution in [-0.4, -0.2) is 69.9 Å². The van der Waals surface area contributed by atoms with E-state index in [2.05, 4.69) is 9.88 Å². The number of rotatable bonds is 4. The fourth-order valence-electron chi connectivity index (χ4n) is 4.65. The molecule has 2 atom stereocenters. The predicted octanol–water partition coefficient (Wildman–Crippen LogP) is 2.99. The Morgan fingerprint density at radius 2 is 1.82 bits per heavy atom. The molecule has 0 saturated carbocycles. The van der Waals surface area contributed by atoms with Crippen LogP contribution in [0.25, 0.3) is 0 Å². The molecule has 2 unspecified atom stereocenters. The van der Waals surface area contributed by atoms with Crippen molar-refractivity contribution >= 4 is 17.8 Å². The van der Waals surface area contributed by atoms with Crippen LogP contribution in [-0.2, 0) is 4.84 Å². The first kappa shape index (κ1) is 20.4. The molecule has 1 N–H and O–H groups in total. The summed E-state index contributed by atoms with van der Waals surface area (Å²) in [5.74, 6) is 0.603. The molecule has 2 bridgehead atoms. The lowest BCUT2D eigenvalue weighted by Gasteiger charge is -2.47. The Bertz CT molecular complexity index is 717.